The van der Waals surface area contributed by atoms with Crippen molar-refractivity contribution >= 4 is 11.6 Å². The lowest BCUT2D eigenvalue weighted by Gasteiger charge is -2.38. The van der Waals surface area contributed by atoms with Crippen molar-refractivity contribution in [3.05, 3.63) is 34.9 Å². The second-order valence-corrected chi connectivity index (χ2v) is 6.27. The van der Waals surface area contributed by atoms with Crippen molar-refractivity contribution < 1.29 is 4.74 Å². The highest BCUT2D eigenvalue weighted by Crippen LogP contribution is 2.21. The highest BCUT2D eigenvalue weighted by atomic mass is 35.5. The maximum Gasteiger partial charge on any atom is 0.0753 e. The fourth-order valence-corrected chi connectivity index (χ4v) is 2.73. The van der Waals surface area contributed by atoms with Gasteiger partial charge in [-0.3, -0.25) is 4.90 Å². The first-order valence-corrected chi connectivity index (χ1v) is 7.21. The monoisotopic (exact) mass is 282 g/mol. The Balaban J connectivity index is 1.85. The summed E-state index contributed by atoms with van der Waals surface area (Å²) in [5.41, 5.74) is 7.30. The molecule has 0 radical (unpaired) electrons. The Morgan fingerprint density at radius 3 is 2.95 bits per heavy atom. The lowest BCUT2D eigenvalue weighted by Crippen LogP contribution is -2.48. The Morgan fingerprint density at radius 2 is 2.26 bits per heavy atom. The van der Waals surface area contributed by atoms with Gasteiger partial charge in [-0.15, -0.1) is 0 Å². The number of hydrogen-bond acceptors (Lipinski definition) is 3. The van der Waals surface area contributed by atoms with Crippen LogP contribution in [0.25, 0.3) is 0 Å². The molecule has 2 N–H and O–H groups in total. The van der Waals surface area contributed by atoms with Gasteiger partial charge in [0.25, 0.3) is 0 Å². The summed E-state index contributed by atoms with van der Waals surface area (Å²) in [4.78, 5) is 2.42. The van der Waals surface area contributed by atoms with Gasteiger partial charge in [0.05, 0.1) is 12.2 Å². The van der Waals surface area contributed by atoms with Gasteiger partial charge in [-0.2, -0.15) is 0 Å². The van der Waals surface area contributed by atoms with Crippen molar-refractivity contribution in [3.63, 3.8) is 0 Å². The summed E-state index contributed by atoms with van der Waals surface area (Å²) in [5, 5.41) is 0.750. The molecule has 1 unspecified atom stereocenters. The average Bonchev–Trinajstić information content (AvgIpc) is 2.35. The molecule has 1 fully saturated rings. The normalized spacial score (nSPS) is 21.3. The summed E-state index contributed by atoms with van der Waals surface area (Å²) in [6, 6.07) is 7.87. The van der Waals surface area contributed by atoms with Crippen LogP contribution in [0.15, 0.2) is 24.3 Å². The summed E-state index contributed by atoms with van der Waals surface area (Å²) in [5.74, 6) is 0. The van der Waals surface area contributed by atoms with Crippen molar-refractivity contribution in [3.8, 4) is 0 Å². The quantitative estimate of drug-likeness (QED) is 0.923. The average molecular weight is 283 g/mol. The molecule has 0 aliphatic carbocycles. The smallest absolute Gasteiger partial charge is 0.0753 e. The second kappa shape index (κ2) is 6.23. The summed E-state index contributed by atoms with van der Waals surface area (Å²) in [6.45, 7) is 8.03. The lowest BCUT2D eigenvalue weighted by atomic mass is 10.0. The number of ether oxygens (including phenoxy) is 1. The van der Waals surface area contributed by atoms with Crippen molar-refractivity contribution in [1.29, 1.82) is 0 Å². The molecule has 1 heterocycles. The minimum Gasteiger partial charge on any atom is -0.373 e. The van der Waals surface area contributed by atoms with Crippen LogP contribution in [0.2, 0.25) is 5.02 Å². The van der Waals surface area contributed by atoms with Crippen LogP contribution in [-0.2, 0) is 4.74 Å². The Bertz CT molecular complexity index is 422. The zero-order chi connectivity index (χ0) is 13.9. The SMILES string of the molecule is CC1(C)CN(CCC(N)c2cccc(Cl)c2)CCO1. The first-order chi connectivity index (χ1) is 8.96. The first-order valence-electron chi connectivity index (χ1n) is 6.84. The number of hydrogen-bond donors (Lipinski definition) is 1. The third kappa shape index (κ3) is 4.46. The molecule has 0 aromatic heterocycles. The van der Waals surface area contributed by atoms with Crippen molar-refractivity contribution in [2.24, 2.45) is 5.73 Å². The van der Waals surface area contributed by atoms with E-state index in [1.165, 1.54) is 0 Å². The molecule has 4 heteroatoms. The molecule has 2 rings (SSSR count). The van der Waals surface area contributed by atoms with Gasteiger partial charge in [0, 0.05) is 30.7 Å². The molecule has 19 heavy (non-hydrogen) atoms. The zero-order valence-corrected chi connectivity index (χ0v) is 12.5. The molecule has 1 aliphatic heterocycles. The van der Waals surface area contributed by atoms with Crippen LogP contribution in [0.3, 0.4) is 0 Å². The molecule has 1 aliphatic rings. The minimum atomic E-state index is -0.0433. The molecular weight excluding hydrogens is 260 g/mol. The topological polar surface area (TPSA) is 38.5 Å². The summed E-state index contributed by atoms with van der Waals surface area (Å²) in [6.07, 6.45) is 0.941. The number of morpholine rings is 1. The van der Waals surface area contributed by atoms with Gasteiger partial charge in [-0.05, 0) is 38.0 Å². The van der Waals surface area contributed by atoms with E-state index in [2.05, 4.69) is 18.7 Å². The predicted molar refractivity (Wildman–Crippen MR) is 79.5 cm³/mol. The van der Waals surface area contributed by atoms with Gasteiger partial charge in [0.15, 0.2) is 0 Å². The Morgan fingerprint density at radius 1 is 1.47 bits per heavy atom. The van der Waals surface area contributed by atoms with Crippen LogP contribution in [0.4, 0.5) is 0 Å². The van der Waals surface area contributed by atoms with E-state index in [0.717, 1.165) is 43.2 Å². The summed E-state index contributed by atoms with van der Waals surface area (Å²) >= 11 is 5.99. The Hall–Kier alpha value is -0.610. The maximum absolute atomic E-state index is 6.23. The van der Waals surface area contributed by atoms with E-state index in [4.69, 9.17) is 22.1 Å². The van der Waals surface area contributed by atoms with Crippen LogP contribution in [0.5, 0.6) is 0 Å². The second-order valence-electron chi connectivity index (χ2n) is 5.83. The third-order valence-corrected chi connectivity index (χ3v) is 3.77. The lowest BCUT2D eigenvalue weighted by molar-refractivity contribution is -0.0863. The first kappa shape index (κ1) is 14.8. The molecule has 1 aromatic carbocycles. The number of nitrogens with two attached hydrogens (primary N) is 1. The van der Waals surface area contributed by atoms with Gasteiger partial charge in [-0.1, -0.05) is 23.7 Å². The van der Waals surface area contributed by atoms with E-state index in [-0.39, 0.29) is 11.6 Å². The van der Waals surface area contributed by atoms with Gasteiger partial charge < -0.3 is 10.5 Å². The van der Waals surface area contributed by atoms with Crippen LogP contribution in [0, 0.1) is 0 Å². The van der Waals surface area contributed by atoms with Crippen LogP contribution in [-0.4, -0.2) is 36.7 Å². The number of rotatable bonds is 4. The molecule has 0 bridgehead atoms. The van der Waals surface area contributed by atoms with E-state index >= 15 is 0 Å². The number of halogens is 1. The standard InChI is InChI=1S/C15H23ClN2O/c1-15(2)11-18(8-9-19-15)7-6-14(17)12-4-3-5-13(16)10-12/h3-5,10,14H,6-9,11,17H2,1-2H3. The molecular formula is C15H23ClN2O. The van der Waals surface area contributed by atoms with Crippen LogP contribution >= 0.6 is 11.6 Å². The van der Waals surface area contributed by atoms with E-state index in [1.807, 2.05) is 24.3 Å². The molecule has 0 amide bonds. The van der Waals surface area contributed by atoms with Crippen LogP contribution in [0.1, 0.15) is 31.9 Å². The summed E-state index contributed by atoms with van der Waals surface area (Å²) < 4.78 is 5.71. The van der Waals surface area contributed by atoms with Gasteiger partial charge in [0.1, 0.15) is 0 Å². The van der Waals surface area contributed by atoms with Crippen molar-refractivity contribution in [2.75, 3.05) is 26.2 Å². The van der Waals surface area contributed by atoms with E-state index in [9.17, 15) is 0 Å². The van der Waals surface area contributed by atoms with Gasteiger partial charge in [-0.25, -0.2) is 0 Å². The zero-order valence-electron chi connectivity index (χ0n) is 11.7. The predicted octanol–water partition coefficient (Wildman–Crippen LogP) is 2.84. The number of benzene rings is 1. The highest BCUT2D eigenvalue weighted by molar-refractivity contribution is 6.30. The van der Waals surface area contributed by atoms with E-state index < -0.39 is 0 Å². The molecule has 1 atom stereocenters. The Labute approximate surface area is 120 Å². The Kier molecular flexibility index (Phi) is 4.85. The fourth-order valence-electron chi connectivity index (χ4n) is 2.53. The largest absolute Gasteiger partial charge is 0.373 e. The fraction of sp³-hybridized carbons (Fsp3) is 0.600. The molecule has 0 spiro atoms. The van der Waals surface area contributed by atoms with E-state index in [1.54, 1.807) is 0 Å². The molecule has 106 valence electrons. The summed E-state index contributed by atoms with van der Waals surface area (Å²) in [7, 11) is 0. The van der Waals surface area contributed by atoms with Gasteiger partial charge >= 0.3 is 0 Å². The third-order valence-electron chi connectivity index (χ3n) is 3.54. The maximum atomic E-state index is 6.23. The molecule has 1 saturated heterocycles. The molecule has 1 aromatic rings. The van der Waals surface area contributed by atoms with Gasteiger partial charge in [0.2, 0.25) is 0 Å². The molecule has 0 saturated carbocycles. The van der Waals surface area contributed by atoms with Crippen molar-refractivity contribution in [2.45, 2.75) is 31.9 Å². The molecule has 3 nitrogen and oxygen atoms in total. The highest BCUT2D eigenvalue weighted by Gasteiger charge is 2.27. The van der Waals surface area contributed by atoms with E-state index in [0.29, 0.717) is 0 Å². The minimum absolute atomic E-state index is 0.0433. The van der Waals surface area contributed by atoms with Crippen LogP contribution < -0.4 is 5.73 Å². The number of nitrogens with zero attached hydrogens (tertiary/aromatic N) is 1. The van der Waals surface area contributed by atoms with Crippen molar-refractivity contribution in [1.82, 2.24) is 4.90 Å².